The molecule has 1 saturated heterocycles. The molecule has 0 spiro atoms. The van der Waals surface area contributed by atoms with Crippen molar-refractivity contribution in [1.82, 2.24) is 0 Å². The fourth-order valence-electron chi connectivity index (χ4n) is 4.69. The van der Waals surface area contributed by atoms with Crippen molar-refractivity contribution in [3.05, 3.63) is 94.7 Å². The van der Waals surface area contributed by atoms with Gasteiger partial charge in [0.05, 0.1) is 11.3 Å². The Labute approximate surface area is 200 Å². The van der Waals surface area contributed by atoms with Gasteiger partial charge in [-0.2, -0.15) is 0 Å². The van der Waals surface area contributed by atoms with Gasteiger partial charge in [0.15, 0.2) is 0 Å². The minimum Gasteiger partial charge on any atom is -0.372 e. The second kappa shape index (κ2) is 8.82. The van der Waals surface area contributed by atoms with Gasteiger partial charge in [-0.3, -0.25) is 9.59 Å². The lowest BCUT2D eigenvalue weighted by atomic mass is 9.99. The van der Waals surface area contributed by atoms with Crippen LogP contribution in [0.3, 0.4) is 0 Å². The van der Waals surface area contributed by atoms with E-state index in [4.69, 9.17) is 0 Å². The Bertz CT molecular complexity index is 1300. The number of carbonyl (C=O) groups excluding carboxylic acids is 2. The van der Waals surface area contributed by atoms with Crippen LogP contribution in [0.4, 0.5) is 17.1 Å². The summed E-state index contributed by atoms with van der Waals surface area (Å²) in [6.45, 7) is 8.16. The smallest absolute Gasteiger partial charge is 0.282 e. The number of hydrogen-bond acceptors (Lipinski definition) is 4. The monoisotopic (exact) mass is 451 g/mol. The van der Waals surface area contributed by atoms with Crippen molar-refractivity contribution in [1.29, 1.82) is 0 Å². The standard InChI is InChI=1S/C29H29N3O2/c1-19-7-6-8-25(17-19)32-28(33)26(22-10-9-20(2)21(3)18-22)27(29(32)34)30-23-11-13-24(14-12-23)31-15-4-5-16-31/h6-14,17-18,30H,4-5,15-16H2,1-3H3. The molecule has 3 aromatic carbocycles. The zero-order valence-corrected chi connectivity index (χ0v) is 19.9. The predicted octanol–water partition coefficient (Wildman–Crippen LogP) is 5.61. The lowest BCUT2D eigenvalue weighted by molar-refractivity contribution is -0.120. The summed E-state index contributed by atoms with van der Waals surface area (Å²) in [4.78, 5) is 30.9. The van der Waals surface area contributed by atoms with Gasteiger partial charge in [-0.1, -0.05) is 30.3 Å². The van der Waals surface area contributed by atoms with Crippen LogP contribution in [0.25, 0.3) is 5.57 Å². The highest BCUT2D eigenvalue weighted by atomic mass is 16.2. The van der Waals surface area contributed by atoms with E-state index in [2.05, 4.69) is 22.3 Å². The first-order valence-corrected chi connectivity index (χ1v) is 11.8. The van der Waals surface area contributed by atoms with Crippen LogP contribution in [-0.2, 0) is 9.59 Å². The van der Waals surface area contributed by atoms with Crippen molar-refractivity contribution >= 4 is 34.4 Å². The van der Waals surface area contributed by atoms with E-state index in [0.717, 1.165) is 41.0 Å². The predicted molar refractivity (Wildman–Crippen MR) is 138 cm³/mol. The number of hydrogen-bond donors (Lipinski definition) is 1. The van der Waals surface area contributed by atoms with Crippen LogP contribution in [0.15, 0.2) is 72.4 Å². The molecule has 2 aliphatic heterocycles. The van der Waals surface area contributed by atoms with Crippen LogP contribution < -0.4 is 15.1 Å². The number of anilines is 3. The maximum atomic E-state index is 13.7. The van der Waals surface area contributed by atoms with Crippen LogP contribution in [0.2, 0.25) is 0 Å². The third kappa shape index (κ3) is 3.98. The summed E-state index contributed by atoms with van der Waals surface area (Å²) in [7, 11) is 0. The summed E-state index contributed by atoms with van der Waals surface area (Å²) in [6.07, 6.45) is 2.44. The summed E-state index contributed by atoms with van der Waals surface area (Å²) >= 11 is 0. The molecule has 0 aromatic heterocycles. The van der Waals surface area contributed by atoms with Crippen molar-refractivity contribution < 1.29 is 9.59 Å². The summed E-state index contributed by atoms with van der Waals surface area (Å²) in [5.41, 5.74) is 7.21. The van der Waals surface area contributed by atoms with Gasteiger partial charge in [0.2, 0.25) is 0 Å². The van der Waals surface area contributed by atoms with Crippen LogP contribution >= 0.6 is 0 Å². The lowest BCUT2D eigenvalue weighted by Gasteiger charge is -2.18. The van der Waals surface area contributed by atoms with Gasteiger partial charge >= 0.3 is 0 Å². The second-order valence-electron chi connectivity index (χ2n) is 9.20. The molecule has 5 heteroatoms. The zero-order valence-electron chi connectivity index (χ0n) is 19.9. The molecule has 5 nitrogen and oxygen atoms in total. The molecule has 2 heterocycles. The van der Waals surface area contributed by atoms with Gasteiger partial charge in [-0.25, -0.2) is 4.90 Å². The van der Waals surface area contributed by atoms with E-state index < -0.39 is 0 Å². The number of carbonyl (C=O) groups is 2. The maximum Gasteiger partial charge on any atom is 0.282 e. The molecule has 2 aliphatic rings. The van der Waals surface area contributed by atoms with Gasteiger partial charge in [-0.05, 0) is 92.3 Å². The molecule has 0 atom stereocenters. The van der Waals surface area contributed by atoms with Gasteiger partial charge in [0.25, 0.3) is 11.8 Å². The summed E-state index contributed by atoms with van der Waals surface area (Å²) in [6, 6.07) is 21.5. The topological polar surface area (TPSA) is 52.7 Å². The third-order valence-corrected chi connectivity index (χ3v) is 6.75. The Hall–Kier alpha value is -3.86. The highest BCUT2D eigenvalue weighted by Crippen LogP contribution is 2.35. The Morgan fingerprint density at radius 2 is 1.47 bits per heavy atom. The van der Waals surface area contributed by atoms with Crippen LogP contribution in [0.5, 0.6) is 0 Å². The van der Waals surface area contributed by atoms with Crippen molar-refractivity contribution in [2.75, 3.05) is 28.2 Å². The largest absolute Gasteiger partial charge is 0.372 e. The molecule has 0 unspecified atom stereocenters. The van der Waals surface area contributed by atoms with Gasteiger partial charge < -0.3 is 10.2 Å². The number of benzene rings is 3. The molecular weight excluding hydrogens is 422 g/mol. The van der Waals surface area contributed by atoms with E-state index in [1.165, 1.54) is 23.4 Å². The molecular formula is C29H29N3O2. The van der Waals surface area contributed by atoms with E-state index in [1.54, 1.807) is 6.07 Å². The van der Waals surface area contributed by atoms with E-state index >= 15 is 0 Å². The number of aryl methyl sites for hydroxylation is 3. The quantitative estimate of drug-likeness (QED) is 0.513. The van der Waals surface area contributed by atoms with Crippen molar-refractivity contribution in [3.8, 4) is 0 Å². The van der Waals surface area contributed by atoms with Crippen molar-refractivity contribution in [2.45, 2.75) is 33.6 Å². The van der Waals surface area contributed by atoms with Crippen LogP contribution in [0.1, 0.15) is 35.1 Å². The average molecular weight is 452 g/mol. The Morgan fingerprint density at radius 3 is 2.15 bits per heavy atom. The number of nitrogens with one attached hydrogen (secondary N) is 1. The summed E-state index contributed by atoms with van der Waals surface area (Å²) in [5, 5.41) is 3.28. The normalized spacial score (nSPS) is 16.1. The number of imide groups is 1. The van der Waals surface area contributed by atoms with Gasteiger partial charge in [-0.15, -0.1) is 0 Å². The second-order valence-corrected chi connectivity index (χ2v) is 9.20. The van der Waals surface area contributed by atoms with E-state index in [9.17, 15) is 9.59 Å². The third-order valence-electron chi connectivity index (χ3n) is 6.75. The van der Waals surface area contributed by atoms with Crippen LogP contribution in [-0.4, -0.2) is 24.9 Å². The molecule has 2 amide bonds. The zero-order chi connectivity index (χ0) is 23.8. The molecule has 0 saturated carbocycles. The molecule has 0 aliphatic carbocycles. The molecule has 34 heavy (non-hydrogen) atoms. The SMILES string of the molecule is Cc1cccc(N2C(=O)C(Nc3ccc(N4CCCC4)cc3)=C(c3ccc(C)c(C)c3)C2=O)c1. The summed E-state index contributed by atoms with van der Waals surface area (Å²) in [5.74, 6) is -0.650. The molecule has 172 valence electrons. The van der Waals surface area contributed by atoms with Gasteiger partial charge in [0.1, 0.15) is 5.70 Å². The Morgan fingerprint density at radius 1 is 0.735 bits per heavy atom. The minimum absolute atomic E-state index is 0.309. The lowest BCUT2D eigenvalue weighted by Crippen LogP contribution is -2.32. The van der Waals surface area contributed by atoms with Gasteiger partial charge in [0, 0.05) is 24.5 Å². The molecule has 0 bridgehead atoms. The van der Waals surface area contributed by atoms with Crippen molar-refractivity contribution in [3.63, 3.8) is 0 Å². The van der Waals surface area contributed by atoms with E-state index in [-0.39, 0.29) is 11.8 Å². The first-order valence-electron chi connectivity index (χ1n) is 11.8. The molecule has 1 N–H and O–H groups in total. The Balaban J connectivity index is 1.54. The number of amides is 2. The number of nitrogens with zero attached hydrogens (tertiary/aromatic N) is 2. The molecule has 1 fully saturated rings. The Kier molecular flexibility index (Phi) is 5.70. The maximum absolute atomic E-state index is 13.7. The molecule has 5 rings (SSSR count). The molecule has 0 radical (unpaired) electrons. The highest BCUT2D eigenvalue weighted by molar-refractivity contribution is 6.46. The van der Waals surface area contributed by atoms with E-state index in [1.807, 2.05) is 69.3 Å². The fourth-order valence-corrected chi connectivity index (χ4v) is 4.69. The highest BCUT2D eigenvalue weighted by Gasteiger charge is 2.40. The van der Waals surface area contributed by atoms with Crippen LogP contribution in [0, 0.1) is 20.8 Å². The first kappa shape index (κ1) is 22.0. The average Bonchev–Trinajstić information content (AvgIpc) is 3.44. The first-order chi connectivity index (χ1) is 16.4. The fraction of sp³-hybridized carbons (Fsp3) is 0.241. The number of rotatable bonds is 5. The van der Waals surface area contributed by atoms with Crippen molar-refractivity contribution in [2.24, 2.45) is 0 Å². The minimum atomic E-state index is -0.340. The van der Waals surface area contributed by atoms with E-state index in [0.29, 0.717) is 17.0 Å². The molecule has 3 aromatic rings. The summed E-state index contributed by atoms with van der Waals surface area (Å²) < 4.78 is 0.